The van der Waals surface area contributed by atoms with Crippen LogP contribution >= 0.6 is 0 Å². The summed E-state index contributed by atoms with van der Waals surface area (Å²) >= 11 is 0. The van der Waals surface area contributed by atoms with Crippen LogP contribution in [0.4, 0.5) is 0 Å². The third-order valence-electron chi connectivity index (χ3n) is 12.4. The highest BCUT2D eigenvalue weighted by molar-refractivity contribution is 6.37. The Hall–Kier alpha value is -7.88. The number of benzene rings is 10. The number of aromatic nitrogens is 2. The highest BCUT2D eigenvalue weighted by Gasteiger charge is 2.18. The van der Waals surface area contributed by atoms with Crippen molar-refractivity contribution in [3.05, 3.63) is 194 Å². The first-order chi connectivity index (χ1) is 29.2. The molecule has 0 radical (unpaired) electrons. The first kappa shape index (κ1) is 32.2. The second-order valence-corrected chi connectivity index (χ2v) is 15.7. The predicted octanol–water partition coefficient (Wildman–Crippen LogP) is 15.4. The Morgan fingerprint density at radius 3 is 1.47 bits per heavy atom. The Morgan fingerprint density at radius 1 is 0.271 bits per heavy atom. The maximum Gasteiger partial charge on any atom is 0.160 e. The Morgan fingerprint density at radius 2 is 0.780 bits per heavy atom. The van der Waals surface area contributed by atoms with Crippen LogP contribution in [-0.4, -0.2) is 9.97 Å². The number of rotatable bonds is 4. The summed E-state index contributed by atoms with van der Waals surface area (Å²) in [6.45, 7) is 0. The van der Waals surface area contributed by atoms with Crippen LogP contribution in [0.2, 0.25) is 0 Å². The molecule has 0 aliphatic carbocycles. The summed E-state index contributed by atoms with van der Waals surface area (Å²) in [5, 5.41) is 17.3. The molecule has 59 heavy (non-hydrogen) atoms. The predicted molar refractivity (Wildman–Crippen MR) is 247 cm³/mol. The zero-order valence-electron chi connectivity index (χ0n) is 31.8. The van der Waals surface area contributed by atoms with Crippen LogP contribution in [0.5, 0.6) is 0 Å². The van der Waals surface area contributed by atoms with Crippen LogP contribution in [0.1, 0.15) is 0 Å². The maximum absolute atomic E-state index is 6.11. The molecule has 13 aromatic rings. The van der Waals surface area contributed by atoms with E-state index >= 15 is 0 Å². The van der Waals surface area contributed by atoms with Crippen LogP contribution in [0.25, 0.3) is 132 Å². The third kappa shape index (κ3) is 4.89. The lowest BCUT2D eigenvalue weighted by atomic mass is 9.87. The largest absolute Gasteiger partial charge is 0.456 e. The Bertz CT molecular complexity index is 3820. The van der Waals surface area contributed by atoms with Gasteiger partial charge in [-0.25, -0.2) is 9.97 Å². The maximum atomic E-state index is 6.11. The van der Waals surface area contributed by atoms with Crippen LogP contribution in [0, 0.1) is 0 Å². The molecule has 0 aliphatic rings. The minimum atomic E-state index is 0.698. The molecule has 0 unspecified atom stereocenters. The lowest BCUT2D eigenvalue weighted by Gasteiger charge is -2.17. The van der Waals surface area contributed by atoms with Gasteiger partial charge in [0.05, 0.1) is 11.4 Å². The number of hydrogen-bond acceptors (Lipinski definition) is 3. The Labute approximate surface area is 338 Å². The molecular formula is C56H32N2O. The van der Waals surface area contributed by atoms with Crippen molar-refractivity contribution in [2.45, 2.75) is 0 Å². The molecule has 3 nitrogen and oxygen atoms in total. The smallest absolute Gasteiger partial charge is 0.160 e. The van der Waals surface area contributed by atoms with Crippen molar-refractivity contribution in [2.24, 2.45) is 0 Å². The molecule has 0 atom stereocenters. The standard InChI is InChI=1S/C56H32N2O/c1-2-9-38(10-3-1)56-57-48(34-21-19-33(20-22-34)39-27-28-51-46(30-39)42-14-4-5-18-50(42)59-51)32-49(58-56)41-29-40-26-25-37-12-7-16-44-43-15-6-11-35-23-24-36-13-8-17-45(54(36)52(35)43)47(31-41)55(40)53(37)44/h1-32H. The van der Waals surface area contributed by atoms with E-state index in [4.69, 9.17) is 14.4 Å². The van der Waals surface area contributed by atoms with Crippen LogP contribution in [0.15, 0.2) is 199 Å². The van der Waals surface area contributed by atoms with Gasteiger partial charge in [0.1, 0.15) is 11.2 Å². The van der Waals surface area contributed by atoms with Crippen LogP contribution in [-0.2, 0) is 0 Å². The monoisotopic (exact) mass is 748 g/mol. The lowest BCUT2D eigenvalue weighted by molar-refractivity contribution is 0.669. The van der Waals surface area contributed by atoms with E-state index in [2.05, 4.69) is 164 Å². The molecule has 2 aromatic heterocycles. The number of nitrogens with zero attached hydrogens (tertiary/aromatic N) is 2. The Balaban J connectivity index is 1.04. The third-order valence-corrected chi connectivity index (χ3v) is 12.4. The lowest BCUT2D eigenvalue weighted by Crippen LogP contribution is -1.96. The van der Waals surface area contributed by atoms with E-state index in [-0.39, 0.29) is 0 Å². The SMILES string of the molecule is c1ccc(-c2nc(-c3ccc(-c4ccc5oc6ccccc6c5c4)cc3)cc(-c3cc4ccc5cccc6c7cccc8ccc9cccc(c(c3)c4c56)c9c87)n2)cc1. The van der Waals surface area contributed by atoms with Crippen molar-refractivity contribution in [1.29, 1.82) is 0 Å². The molecular weight excluding hydrogens is 717 g/mol. The van der Waals surface area contributed by atoms with E-state index in [1.165, 1.54) is 64.6 Å². The van der Waals surface area contributed by atoms with Gasteiger partial charge in [-0.15, -0.1) is 0 Å². The van der Waals surface area contributed by atoms with Gasteiger partial charge < -0.3 is 4.42 Å². The molecule has 0 aliphatic heterocycles. The van der Waals surface area contributed by atoms with Gasteiger partial charge in [-0.2, -0.15) is 0 Å². The Kier molecular flexibility index (Phi) is 6.72. The minimum Gasteiger partial charge on any atom is -0.456 e. The van der Waals surface area contributed by atoms with E-state index in [1.807, 2.05) is 30.3 Å². The summed E-state index contributed by atoms with van der Waals surface area (Å²) in [6, 6.07) is 69.9. The van der Waals surface area contributed by atoms with Gasteiger partial charge in [-0.3, -0.25) is 0 Å². The van der Waals surface area contributed by atoms with Gasteiger partial charge in [-0.05, 0) is 112 Å². The topological polar surface area (TPSA) is 38.9 Å². The van der Waals surface area contributed by atoms with Crippen molar-refractivity contribution in [2.75, 3.05) is 0 Å². The second kappa shape index (κ2) is 12.3. The summed E-state index contributed by atoms with van der Waals surface area (Å²) in [5.41, 5.74) is 8.91. The van der Waals surface area contributed by atoms with E-state index in [1.54, 1.807) is 0 Å². The molecule has 11 aromatic carbocycles. The van der Waals surface area contributed by atoms with Crippen molar-refractivity contribution in [3.8, 4) is 45.0 Å². The van der Waals surface area contributed by atoms with Crippen LogP contribution < -0.4 is 0 Å². The number of furan rings is 1. The molecule has 0 fully saturated rings. The zero-order chi connectivity index (χ0) is 38.6. The quantitative estimate of drug-likeness (QED) is 0.168. The molecule has 3 heteroatoms. The fourth-order valence-corrected chi connectivity index (χ4v) is 9.63. The highest BCUT2D eigenvalue weighted by Crippen LogP contribution is 2.45. The van der Waals surface area contributed by atoms with Gasteiger partial charge in [0.15, 0.2) is 5.82 Å². The van der Waals surface area contributed by atoms with Crippen molar-refractivity contribution >= 4 is 86.6 Å². The van der Waals surface area contributed by atoms with Crippen molar-refractivity contribution in [1.82, 2.24) is 9.97 Å². The molecule has 0 spiro atoms. The van der Waals surface area contributed by atoms with E-state index in [0.29, 0.717) is 5.82 Å². The summed E-state index contributed by atoms with van der Waals surface area (Å²) in [7, 11) is 0. The number of hydrogen-bond donors (Lipinski definition) is 0. The van der Waals surface area contributed by atoms with Crippen molar-refractivity contribution < 1.29 is 4.42 Å². The average Bonchev–Trinajstić information content (AvgIpc) is 3.68. The molecule has 0 bridgehead atoms. The average molecular weight is 749 g/mol. The molecule has 0 saturated carbocycles. The van der Waals surface area contributed by atoms with E-state index in [0.717, 1.165) is 61.1 Å². The zero-order valence-corrected chi connectivity index (χ0v) is 31.8. The van der Waals surface area contributed by atoms with Gasteiger partial charge in [0, 0.05) is 27.5 Å². The number of para-hydroxylation sites is 1. The molecule has 0 saturated heterocycles. The molecule has 13 rings (SSSR count). The fourth-order valence-electron chi connectivity index (χ4n) is 9.63. The van der Waals surface area contributed by atoms with E-state index in [9.17, 15) is 0 Å². The fraction of sp³-hybridized carbons (Fsp3) is 0. The summed E-state index contributed by atoms with van der Waals surface area (Å²) in [6.07, 6.45) is 0. The second-order valence-electron chi connectivity index (χ2n) is 15.7. The number of fused-ring (bicyclic) bond motifs is 5. The summed E-state index contributed by atoms with van der Waals surface area (Å²) in [5.74, 6) is 0.698. The molecule has 272 valence electrons. The van der Waals surface area contributed by atoms with Gasteiger partial charge in [0.25, 0.3) is 0 Å². The van der Waals surface area contributed by atoms with Gasteiger partial charge in [-0.1, -0.05) is 158 Å². The first-order valence-electron chi connectivity index (χ1n) is 20.1. The minimum absolute atomic E-state index is 0.698. The summed E-state index contributed by atoms with van der Waals surface area (Å²) < 4.78 is 6.11. The normalized spacial score (nSPS) is 12.1. The van der Waals surface area contributed by atoms with E-state index < -0.39 is 0 Å². The van der Waals surface area contributed by atoms with Gasteiger partial charge in [0.2, 0.25) is 0 Å². The van der Waals surface area contributed by atoms with Crippen molar-refractivity contribution in [3.63, 3.8) is 0 Å². The van der Waals surface area contributed by atoms with Crippen LogP contribution in [0.3, 0.4) is 0 Å². The summed E-state index contributed by atoms with van der Waals surface area (Å²) in [4.78, 5) is 10.5. The molecule has 0 amide bonds. The first-order valence-corrected chi connectivity index (χ1v) is 20.1. The molecule has 0 N–H and O–H groups in total. The van der Waals surface area contributed by atoms with Gasteiger partial charge >= 0.3 is 0 Å². The highest BCUT2D eigenvalue weighted by atomic mass is 16.3. The molecule has 2 heterocycles.